The Bertz CT molecular complexity index is 451. The number of thiazole rings is 1. The van der Waals surface area contributed by atoms with E-state index in [-0.39, 0.29) is 0 Å². The summed E-state index contributed by atoms with van der Waals surface area (Å²) in [4.78, 5) is 4.17. The highest BCUT2D eigenvalue weighted by atomic mass is 32.1. The number of hydrogen-bond acceptors (Lipinski definition) is 4. The molecule has 0 radical (unpaired) electrons. The van der Waals surface area contributed by atoms with E-state index in [1.54, 1.807) is 6.20 Å². The van der Waals surface area contributed by atoms with E-state index < -0.39 is 0 Å². The van der Waals surface area contributed by atoms with Crippen LogP contribution in [0.4, 0.5) is 15.8 Å². The molecule has 0 aliphatic rings. The average Bonchev–Trinajstić information content (AvgIpc) is 2.65. The van der Waals surface area contributed by atoms with Crippen LogP contribution in [-0.4, -0.2) is 4.98 Å². The van der Waals surface area contributed by atoms with E-state index in [1.807, 2.05) is 12.1 Å². The van der Waals surface area contributed by atoms with Crippen LogP contribution in [0.15, 0.2) is 30.5 Å². The van der Waals surface area contributed by atoms with Crippen LogP contribution < -0.4 is 11.1 Å². The predicted molar refractivity (Wildman–Crippen MR) is 65.6 cm³/mol. The number of nitrogens with zero attached hydrogens (tertiary/aromatic N) is 1. The van der Waals surface area contributed by atoms with Crippen molar-refractivity contribution in [3.05, 3.63) is 36.0 Å². The lowest BCUT2D eigenvalue weighted by Gasteiger charge is -2.07. The third kappa shape index (κ3) is 2.27. The summed E-state index contributed by atoms with van der Waals surface area (Å²) in [6.07, 6.45) is 2.67. The van der Waals surface area contributed by atoms with E-state index in [2.05, 4.69) is 29.4 Å². The second-order valence-corrected chi connectivity index (χ2v) is 4.27. The van der Waals surface area contributed by atoms with Crippen molar-refractivity contribution in [1.82, 2.24) is 4.98 Å². The number of anilines is 3. The topological polar surface area (TPSA) is 50.9 Å². The summed E-state index contributed by atoms with van der Waals surface area (Å²) in [7, 11) is 0. The minimum absolute atomic E-state index is 0.728. The van der Waals surface area contributed by atoms with Crippen molar-refractivity contribution >= 4 is 27.2 Å². The molecule has 4 heteroatoms. The lowest BCUT2D eigenvalue weighted by molar-refractivity contribution is 1.14. The SMILES string of the molecule is CCc1ccccc1Nc1ncc(N)s1. The Balaban J connectivity index is 2.23. The largest absolute Gasteiger partial charge is 0.389 e. The standard InChI is InChI=1S/C11H13N3S/c1-2-8-5-3-4-6-9(8)14-11-13-7-10(12)15-11/h3-7H,2,12H2,1H3,(H,13,14). The number of para-hydroxylation sites is 1. The number of nitrogen functional groups attached to an aromatic ring is 1. The number of rotatable bonds is 3. The van der Waals surface area contributed by atoms with E-state index in [1.165, 1.54) is 16.9 Å². The van der Waals surface area contributed by atoms with Crippen LogP contribution in [0.25, 0.3) is 0 Å². The van der Waals surface area contributed by atoms with E-state index in [0.29, 0.717) is 0 Å². The number of nitrogens with two attached hydrogens (primary N) is 1. The maximum atomic E-state index is 5.62. The zero-order valence-electron chi connectivity index (χ0n) is 8.53. The van der Waals surface area contributed by atoms with Crippen LogP contribution in [0.1, 0.15) is 12.5 Å². The summed E-state index contributed by atoms with van der Waals surface area (Å²) in [5.74, 6) is 0. The van der Waals surface area contributed by atoms with Gasteiger partial charge < -0.3 is 11.1 Å². The number of benzene rings is 1. The molecule has 0 unspecified atom stereocenters. The minimum Gasteiger partial charge on any atom is -0.389 e. The molecule has 0 saturated heterocycles. The molecular weight excluding hydrogens is 206 g/mol. The quantitative estimate of drug-likeness (QED) is 0.834. The summed E-state index contributed by atoms with van der Waals surface area (Å²) in [6, 6.07) is 8.22. The summed E-state index contributed by atoms with van der Waals surface area (Å²) in [5, 5.41) is 4.84. The molecular formula is C11H13N3S. The van der Waals surface area contributed by atoms with Crippen molar-refractivity contribution in [3.63, 3.8) is 0 Å². The number of hydrogen-bond donors (Lipinski definition) is 2. The number of aryl methyl sites for hydroxylation is 1. The molecule has 1 aromatic carbocycles. The van der Waals surface area contributed by atoms with E-state index in [4.69, 9.17) is 5.73 Å². The first kappa shape index (κ1) is 9.98. The first-order valence-electron chi connectivity index (χ1n) is 4.86. The van der Waals surface area contributed by atoms with Gasteiger partial charge in [-0.05, 0) is 18.1 Å². The highest BCUT2D eigenvalue weighted by Gasteiger charge is 2.02. The van der Waals surface area contributed by atoms with Gasteiger partial charge in [-0.15, -0.1) is 0 Å². The lowest BCUT2D eigenvalue weighted by atomic mass is 10.1. The molecule has 0 amide bonds. The van der Waals surface area contributed by atoms with Gasteiger partial charge in [0.2, 0.25) is 0 Å². The maximum Gasteiger partial charge on any atom is 0.189 e. The third-order valence-corrected chi connectivity index (χ3v) is 2.91. The molecule has 2 rings (SSSR count). The van der Waals surface area contributed by atoms with Gasteiger partial charge in [-0.25, -0.2) is 4.98 Å². The molecule has 3 N–H and O–H groups in total. The van der Waals surface area contributed by atoms with E-state index in [9.17, 15) is 0 Å². The van der Waals surface area contributed by atoms with Gasteiger partial charge in [-0.1, -0.05) is 36.5 Å². The Labute approximate surface area is 93.0 Å². The van der Waals surface area contributed by atoms with Crippen LogP contribution in [-0.2, 0) is 6.42 Å². The normalized spacial score (nSPS) is 10.2. The molecule has 0 fully saturated rings. The molecule has 2 aromatic rings. The first-order chi connectivity index (χ1) is 7.29. The highest BCUT2D eigenvalue weighted by Crippen LogP contribution is 2.25. The lowest BCUT2D eigenvalue weighted by Crippen LogP contribution is -1.93. The maximum absolute atomic E-state index is 5.62. The fourth-order valence-electron chi connectivity index (χ4n) is 1.41. The Morgan fingerprint density at radius 3 is 2.87 bits per heavy atom. The molecule has 3 nitrogen and oxygen atoms in total. The molecule has 0 spiro atoms. The number of nitrogens with one attached hydrogen (secondary N) is 1. The van der Waals surface area contributed by atoms with Crippen LogP contribution in [0, 0.1) is 0 Å². The van der Waals surface area contributed by atoms with Gasteiger partial charge in [0.05, 0.1) is 6.20 Å². The Kier molecular flexibility index (Phi) is 2.87. The summed E-state index contributed by atoms with van der Waals surface area (Å²) in [5.41, 5.74) is 8.01. The summed E-state index contributed by atoms with van der Waals surface area (Å²) >= 11 is 1.46. The van der Waals surface area contributed by atoms with Gasteiger partial charge in [0.1, 0.15) is 5.00 Å². The number of aromatic nitrogens is 1. The second kappa shape index (κ2) is 4.31. The molecule has 0 saturated carbocycles. The van der Waals surface area contributed by atoms with Gasteiger partial charge in [-0.3, -0.25) is 0 Å². The molecule has 15 heavy (non-hydrogen) atoms. The Morgan fingerprint density at radius 1 is 1.40 bits per heavy atom. The molecule has 78 valence electrons. The zero-order chi connectivity index (χ0) is 10.7. The molecule has 1 aromatic heterocycles. The van der Waals surface area contributed by atoms with E-state index in [0.717, 1.165) is 22.2 Å². The van der Waals surface area contributed by atoms with Crippen LogP contribution >= 0.6 is 11.3 Å². The van der Waals surface area contributed by atoms with Gasteiger partial charge >= 0.3 is 0 Å². The predicted octanol–water partition coefficient (Wildman–Crippen LogP) is 3.03. The van der Waals surface area contributed by atoms with Crippen molar-refractivity contribution in [1.29, 1.82) is 0 Å². The van der Waals surface area contributed by atoms with E-state index >= 15 is 0 Å². The minimum atomic E-state index is 0.728. The van der Waals surface area contributed by atoms with Crippen molar-refractivity contribution in [3.8, 4) is 0 Å². The summed E-state index contributed by atoms with van der Waals surface area (Å²) < 4.78 is 0. The monoisotopic (exact) mass is 219 g/mol. The summed E-state index contributed by atoms with van der Waals surface area (Å²) in [6.45, 7) is 2.14. The Hall–Kier alpha value is -1.55. The average molecular weight is 219 g/mol. The second-order valence-electron chi connectivity index (χ2n) is 3.20. The molecule has 0 aliphatic heterocycles. The molecule has 1 heterocycles. The van der Waals surface area contributed by atoms with Crippen molar-refractivity contribution in [2.24, 2.45) is 0 Å². The van der Waals surface area contributed by atoms with Crippen molar-refractivity contribution in [2.45, 2.75) is 13.3 Å². The van der Waals surface area contributed by atoms with Crippen LogP contribution in [0.5, 0.6) is 0 Å². The van der Waals surface area contributed by atoms with Gasteiger partial charge in [0, 0.05) is 5.69 Å². The van der Waals surface area contributed by atoms with Gasteiger partial charge in [-0.2, -0.15) is 0 Å². The molecule has 0 atom stereocenters. The first-order valence-corrected chi connectivity index (χ1v) is 5.67. The fraction of sp³-hybridized carbons (Fsp3) is 0.182. The molecule has 0 bridgehead atoms. The van der Waals surface area contributed by atoms with Gasteiger partial charge in [0.15, 0.2) is 5.13 Å². The Morgan fingerprint density at radius 2 is 2.20 bits per heavy atom. The zero-order valence-corrected chi connectivity index (χ0v) is 9.34. The third-order valence-electron chi connectivity index (χ3n) is 2.16. The van der Waals surface area contributed by atoms with Crippen molar-refractivity contribution < 1.29 is 0 Å². The molecule has 0 aliphatic carbocycles. The fourth-order valence-corrected chi connectivity index (χ4v) is 2.01. The van der Waals surface area contributed by atoms with Crippen molar-refractivity contribution in [2.75, 3.05) is 11.1 Å². The van der Waals surface area contributed by atoms with Crippen LogP contribution in [0.3, 0.4) is 0 Å². The smallest absolute Gasteiger partial charge is 0.189 e. The van der Waals surface area contributed by atoms with Gasteiger partial charge in [0.25, 0.3) is 0 Å². The highest BCUT2D eigenvalue weighted by molar-refractivity contribution is 7.19. The van der Waals surface area contributed by atoms with Crippen LogP contribution in [0.2, 0.25) is 0 Å².